The van der Waals surface area contributed by atoms with Crippen LogP contribution in [0.1, 0.15) is 27.2 Å². The van der Waals surface area contributed by atoms with Gasteiger partial charge in [-0.25, -0.2) is 0 Å². The fraction of sp³-hybridized carbons (Fsp3) is 1.00. The number of thioether (sulfide) groups is 1. The average molecular weight is 230 g/mol. The smallest absolute Gasteiger partial charge is 0.135 e. The number of epoxide rings is 1. The highest BCUT2D eigenvalue weighted by Crippen LogP contribution is 2.34. The molecule has 3 nitrogen and oxygen atoms in total. The Hall–Kier alpha value is 0.230. The second kappa shape index (κ2) is 4.62. The van der Waals surface area contributed by atoms with Gasteiger partial charge in [0.25, 0.3) is 0 Å². The number of hydrogen-bond acceptors (Lipinski definition) is 4. The minimum Gasteiger partial charge on any atom is -0.354 e. The van der Waals surface area contributed by atoms with E-state index in [4.69, 9.17) is 4.74 Å². The molecule has 0 spiro atoms. The van der Waals surface area contributed by atoms with Gasteiger partial charge in [0.15, 0.2) is 0 Å². The monoisotopic (exact) mass is 230 g/mol. The molecule has 2 aliphatic heterocycles. The molecule has 0 amide bonds. The Morgan fingerprint density at radius 3 is 2.60 bits per heavy atom. The van der Waals surface area contributed by atoms with Gasteiger partial charge in [0.1, 0.15) is 6.23 Å². The van der Waals surface area contributed by atoms with E-state index in [9.17, 15) is 0 Å². The number of hydrogen-bond donors (Lipinski definition) is 1. The van der Waals surface area contributed by atoms with Crippen molar-refractivity contribution < 1.29 is 4.74 Å². The molecule has 0 aliphatic carbocycles. The quantitative estimate of drug-likeness (QED) is 0.724. The van der Waals surface area contributed by atoms with E-state index in [0.29, 0.717) is 29.8 Å². The lowest BCUT2D eigenvalue weighted by atomic mass is 9.99. The predicted octanol–water partition coefficient (Wildman–Crippen LogP) is 1.49. The number of likely N-dealkylation sites (N-methyl/N-ethyl adjacent to an activating group) is 1. The summed E-state index contributed by atoms with van der Waals surface area (Å²) >= 11 is 2.06. The minimum atomic E-state index is 0.316. The van der Waals surface area contributed by atoms with Crippen LogP contribution in [0.2, 0.25) is 0 Å². The average Bonchev–Trinajstić information content (AvgIpc) is 2.92. The van der Waals surface area contributed by atoms with Crippen molar-refractivity contribution in [3.63, 3.8) is 0 Å². The summed E-state index contributed by atoms with van der Waals surface area (Å²) in [5.41, 5.74) is 0. The Morgan fingerprint density at radius 2 is 2.07 bits per heavy atom. The van der Waals surface area contributed by atoms with Crippen LogP contribution in [0.15, 0.2) is 0 Å². The van der Waals surface area contributed by atoms with Gasteiger partial charge < -0.3 is 4.74 Å². The minimum absolute atomic E-state index is 0.316. The van der Waals surface area contributed by atoms with Gasteiger partial charge in [0, 0.05) is 12.1 Å². The summed E-state index contributed by atoms with van der Waals surface area (Å²) in [6.45, 7) is 6.65. The molecular formula is C11H22N2OS. The zero-order valence-corrected chi connectivity index (χ0v) is 10.9. The molecule has 2 rings (SSSR count). The van der Waals surface area contributed by atoms with Gasteiger partial charge in [-0.3, -0.25) is 10.2 Å². The van der Waals surface area contributed by atoms with Gasteiger partial charge >= 0.3 is 0 Å². The van der Waals surface area contributed by atoms with Crippen molar-refractivity contribution in [3.8, 4) is 0 Å². The van der Waals surface area contributed by atoms with E-state index in [1.54, 1.807) is 0 Å². The third-order valence-corrected chi connectivity index (χ3v) is 5.04. The maximum Gasteiger partial charge on any atom is 0.135 e. The Balaban J connectivity index is 1.80. The van der Waals surface area contributed by atoms with Gasteiger partial charge in [-0.05, 0) is 33.1 Å². The molecule has 88 valence electrons. The van der Waals surface area contributed by atoms with E-state index in [2.05, 4.69) is 49.8 Å². The number of ether oxygens (including phenoxy) is 1. The van der Waals surface area contributed by atoms with E-state index in [1.165, 1.54) is 12.2 Å². The van der Waals surface area contributed by atoms with Crippen LogP contribution < -0.4 is 5.32 Å². The molecular weight excluding hydrogens is 208 g/mol. The highest BCUT2D eigenvalue weighted by Gasteiger charge is 2.47. The molecule has 5 unspecified atom stereocenters. The lowest BCUT2D eigenvalue weighted by molar-refractivity contribution is 0.0531. The molecule has 2 fully saturated rings. The van der Waals surface area contributed by atoms with Gasteiger partial charge in [-0.15, -0.1) is 11.8 Å². The maximum absolute atomic E-state index is 5.42. The second-order valence-corrected chi connectivity index (χ2v) is 5.85. The van der Waals surface area contributed by atoms with E-state index >= 15 is 0 Å². The highest BCUT2D eigenvalue weighted by molar-refractivity contribution is 7.99. The largest absolute Gasteiger partial charge is 0.354 e. The van der Waals surface area contributed by atoms with Crippen LogP contribution in [0, 0.1) is 0 Å². The van der Waals surface area contributed by atoms with Crippen LogP contribution >= 0.6 is 11.8 Å². The molecule has 2 saturated heterocycles. The fourth-order valence-corrected chi connectivity index (χ4v) is 3.52. The first-order chi connectivity index (χ1) is 7.15. The van der Waals surface area contributed by atoms with Crippen molar-refractivity contribution in [1.82, 2.24) is 10.2 Å². The summed E-state index contributed by atoms with van der Waals surface area (Å²) in [5.74, 6) is 1.25. The molecule has 0 saturated carbocycles. The summed E-state index contributed by atoms with van der Waals surface area (Å²) in [6.07, 6.45) is 1.99. The molecule has 0 bridgehead atoms. The summed E-state index contributed by atoms with van der Waals surface area (Å²) in [7, 11) is 2.22. The van der Waals surface area contributed by atoms with Crippen molar-refractivity contribution in [1.29, 1.82) is 0 Å². The summed E-state index contributed by atoms with van der Waals surface area (Å²) in [4.78, 5) is 2.45. The van der Waals surface area contributed by atoms with Crippen molar-refractivity contribution in [2.45, 2.75) is 57.0 Å². The van der Waals surface area contributed by atoms with E-state index in [1.807, 2.05) is 0 Å². The van der Waals surface area contributed by atoms with Crippen LogP contribution in [-0.4, -0.2) is 47.5 Å². The SMILES string of the molecule is CCCSC1C(NC2OC2C)C(C)N1C. The third kappa shape index (κ3) is 2.33. The lowest BCUT2D eigenvalue weighted by Gasteiger charge is -2.52. The van der Waals surface area contributed by atoms with Crippen LogP contribution in [0.4, 0.5) is 0 Å². The van der Waals surface area contributed by atoms with E-state index in [-0.39, 0.29) is 0 Å². The molecule has 5 atom stereocenters. The Bertz CT molecular complexity index is 227. The van der Waals surface area contributed by atoms with Crippen LogP contribution in [0.25, 0.3) is 0 Å². The first kappa shape index (κ1) is 11.7. The van der Waals surface area contributed by atoms with Gasteiger partial charge in [-0.2, -0.15) is 0 Å². The van der Waals surface area contributed by atoms with Gasteiger partial charge in [0.05, 0.1) is 11.5 Å². The number of likely N-dealkylation sites (tertiary alicyclic amines) is 1. The molecule has 0 aromatic heterocycles. The Labute approximate surface area is 96.9 Å². The third-order valence-electron chi connectivity index (χ3n) is 3.43. The molecule has 2 heterocycles. The predicted molar refractivity (Wildman–Crippen MR) is 65.0 cm³/mol. The number of nitrogens with zero attached hydrogens (tertiary/aromatic N) is 1. The van der Waals surface area contributed by atoms with E-state index in [0.717, 1.165) is 0 Å². The first-order valence-corrected chi connectivity index (χ1v) is 6.95. The normalized spacial score (nSPS) is 45.2. The molecule has 0 radical (unpaired) electrons. The molecule has 0 aromatic rings. The maximum atomic E-state index is 5.42. The van der Waals surface area contributed by atoms with E-state index < -0.39 is 0 Å². The van der Waals surface area contributed by atoms with Crippen LogP contribution in [-0.2, 0) is 4.74 Å². The fourth-order valence-electron chi connectivity index (χ4n) is 2.11. The van der Waals surface area contributed by atoms with Gasteiger partial charge in [-0.1, -0.05) is 6.92 Å². The molecule has 0 aromatic carbocycles. The van der Waals surface area contributed by atoms with Crippen molar-refractivity contribution in [2.75, 3.05) is 12.8 Å². The van der Waals surface area contributed by atoms with Crippen molar-refractivity contribution in [3.05, 3.63) is 0 Å². The lowest BCUT2D eigenvalue weighted by Crippen LogP contribution is -2.69. The highest BCUT2D eigenvalue weighted by atomic mass is 32.2. The van der Waals surface area contributed by atoms with Crippen LogP contribution in [0.3, 0.4) is 0 Å². The molecule has 4 heteroatoms. The Kier molecular flexibility index (Phi) is 3.60. The summed E-state index contributed by atoms with van der Waals surface area (Å²) in [6, 6.07) is 1.23. The second-order valence-electron chi connectivity index (χ2n) is 4.62. The van der Waals surface area contributed by atoms with Crippen LogP contribution in [0.5, 0.6) is 0 Å². The molecule has 1 N–H and O–H groups in total. The molecule has 2 aliphatic rings. The topological polar surface area (TPSA) is 27.8 Å². The standard InChI is InChI=1S/C11H22N2OS/c1-5-6-15-11-9(7(2)13(11)4)12-10-8(3)14-10/h7-12H,5-6H2,1-4H3. The zero-order valence-electron chi connectivity index (χ0n) is 10.1. The molecule has 15 heavy (non-hydrogen) atoms. The number of nitrogens with one attached hydrogen (secondary N) is 1. The zero-order chi connectivity index (χ0) is 11.0. The summed E-state index contributed by atoms with van der Waals surface area (Å²) in [5, 5.41) is 4.23. The number of rotatable bonds is 5. The van der Waals surface area contributed by atoms with Crippen molar-refractivity contribution in [2.24, 2.45) is 0 Å². The first-order valence-electron chi connectivity index (χ1n) is 5.90. The Morgan fingerprint density at radius 1 is 1.40 bits per heavy atom. The van der Waals surface area contributed by atoms with Crippen molar-refractivity contribution >= 4 is 11.8 Å². The van der Waals surface area contributed by atoms with Gasteiger partial charge in [0.2, 0.25) is 0 Å². The summed E-state index contributed by atoms with van der Waals surface area (Å²) < 4.78 is 5.42.